The molecule has 21 heavy (non-hydrogen) atoms. The highest BCUT2D eigenvalue weighted by molar-refractivity contribution is 5.36. The summed E-state index contributed by atoms with van der Waals surface area (Å²) in [7, 11) is 0. The number of nitrogens with one attached hydrogen (secondary N) is 2. The first-order chi connectivity index (χ1) is 10.3. The van der Waals surface area contributed by atoms with Crippen LogP contribution in [0.3, 0.4) is 0 Å². The highest BCUT2D eigenvalue weighted by Crippen LogP contribution is 2.20. The van der Waals surface area contributed by atoms with Crippen LogP contribution >= 0.6 is 0 Å². The quantitative estimate of drug-likeness (QED) is 0.882. The Morgan fingerprint density at radius 3 is 2.71 bits per heavy atom. The minimum Gasteiger partial charge on any atom is -0.357 e. The van der Waals surface area contributed by atoms with Gasteiger partial charge >= 0.3 is 0 Å². The van der Waals surface area contributed by atoms with E-state index in [2.05, 4.69) is 32.3 Å². The van der Waals surface area contributed by atoms with Gasteiger partial charge < -0.3 is 15.2 Å². The third kappa shape index (κ3) is 3.49. The summed E-state index contributed by atoms with van der Waals surface area (Å²) in [4.78, 5) is 21.1. The summed E-state index contributed by atoms with van der Waals surface area (Å²) in [6.07, 6.45) is 5.66. The molecule has 0 aliphatic carbocycles. The van der Waals surface area contributed by atoms with Crippen LogP contribution in [0.25, 0.3) is 0 Å². The standard InChI is InChI=1S/C16H20N4O/c21-16-15(17-8-9-18-16)19-14(12-20-10-4-5-11-20)13-6-2-1-3-7-13/h1-3,6-9,14H,4-5,10-12H2,(H,17,19)(H,18,21). The van der Waals surface area contributed by atoms with Crippen molar-refractivity contribution in [3.05, 3.63) is 58.6 Å². The van der Waals surface area contributed by atoms with Gasteiger partial charge in [0, 0.05) is 18.9 Å². The molecule has 0 spiro atoms. The molecule has 0 radical (unpaired) electrons. The summed E-state index contributed by atoms with van der Waals surface area (Å²) in [6, 6.07) is 10.3. The minimum absolute atomic E-state index is 0.0697. The molecule has 3 rings (SSSR count). The highest BCUT2D eigenvalue weighted by Gasteiger charge is 2.19. The zero-order valence-electron chi connectivity index (χ0n) is 12.0. The first-order valence-corrected chi connectivity index (χ1v) is 7.40. The second kappa shape index (κ2) is 6.54. The Balaban J connectivity index is 1.81. The Hall–Kier alpha value is -2.14. The van der Waals surface area contributed by atoms with Gasteiger partial charge in [0.2, 0.25) is 0 Å². The fraction of sp³-hybridized carbons (Fsp3) is 0.375. The number of hydrogen-bond donors (Lipinski definition) is 2. The Bertz CT molecular complexity index is 619. The van der Waals surface area contributed by atoms with Crippen molar-refractivity contribution >= 4 is 5.82 Å². The topological polar surface area (TPSA) is 61.0 Å². The van der Waals surface area contributed by atoms with E-state index in [0.717, 1.165) is 19.6 Å². The van der Waals surface area contributed by atoms with E-state index in [0.29, 0.717) is 5.82 Å². The lowest BCUT2D eigenvalue weighted by Gasteiger charge is -2.25. The number of H-pyrrole nitrogens is 1. The van der Waals surface area contributed by atoms with Gasteiger partial charge in [0.1, 0.15) is 0 Å². The molecule has 0 amide bonds. The van der Waals surface area contributed by atoms with Crippen molar-refractivity contribution in [2.24, 2.45) is 0 Å². The van der Waals surface area contributed by atoms with Gasteiger partial charge in [0.05, 0.1) is 6.04 Å². The third-order valence-corrected chi connectivity index (χ3v) is 3.86. The van der Waals surface area contributed by atoms with E-state index in [1.807, 2.05) is 18.2 Å². The summed E-state index contributed by atoms with van der Waals surface area (Å²) in [5, 5.41) is 3.29. The van der Waals surface area contributed by atoms with E-state index in [-0.39, 0.29) is 11.6 Å². The van der Waals surface area contributed by atoms with Crippen molar-refractivity contribution in [2.45, 2.75) is 18.9 Å². The predicted octanol–water partition coefficient (Wildman–Crippen LogP) is 2.02. The normalized spacial score (nSPS) is 16.8. The number of hydrogen-bond acceptors (Lipinski definition) is 4. The van der Waals surface area contributed by atoms with Crippen molar-refractivity contribution in [2.75, 3.05) is 25.0 Å². The van der Waals surface area contributed by atoms with E-state index in [9.17, 15) is 4.79 Å². The lowest BCUT2D eigenvalue weighted by molar-refractivity contribution is 0.323. The van der Waals surface area contributed by atoms with Crippen LogP contribution in [0.2, 0.25) is 0 Å². The van der Waals surface area contributed by atoms with Crippen molar-refractivity contribution in [1.82, 2.24) is 14.9 Å². The van der Waals surface area contributed by atoms with Gasteiger partial charge in [0.15, 0.2) is 5.82 Å². The average molecular weight is 284 g/mol. The van der Waals surface area contributed by atoms with Crippen molar-refractivity contribution < 1.29 is 0 Å². The minimum atomic E-state index is -0.181. The highest BCUT2D eigenvalue weighted by atomic mass is 16.1. The number of nitrogens with zero attached hydrogens (tertiary/aromatic N) is 2. The van der Waals surface area contributed by atoms with Crippen LogP contribution in [0.1, 0.15) is 24.4 Å². The molecule has 1 fully saturated rings. The van der Waals surface area contributed by atoms with Crippen LogP contribution < -0.4 is 10.9 Å². The Morgan fingerprint density at radius 1 is 1.24 bits per heavy atom. The Labute approximate surface area is 124 Å². The van der Waals surface area contributed by atoms with Crippen LogP contribution in [-0.4, -0.2) is 34.5 Å². The van der Waals surface area contributed by atoms with Crippen LogP contribution in [0.5, 0.6) is 0 Å². The molecule has 1 aliphatic rings. The molecule has 1 aromatic carbocycles. The molecule has 2 heterocycles. The smallest absolute Gasteiger partial charge is 0.290 e. The van der Waals surface area contributed by atoms with E-state index in [4.69, 9.17) is 0 Å². The van der Waals surface area contributed by atoms with E-state index >= 15 is 0 Å². The van der Waals surface area contributed by atoms with Gasteiger partial charge in [-0.15, -0.1) is 0 Å². The number of aromatic amines is 1. The van der Waals surface area contributed by atoms with Gasteiger partial charge in [-0.1, -0.05) is 30.3 Å². The summed E-state index contributed by atoms with van der Waals surface area (Å²) < 4.78 is 0. The summed E-state index contributed by atoms with van der Waals surface area (Å²) in [6.45, 7) is 3.15. The van der Waals surface area contributed by atoms with Crippen molar-refractivity contribution in [1.29, 1.82) is 0 Å². The fourth-order valence-electron chi connectivity index (χ4n) is 2.76. The molecular formula is C16H20N4O. The predicted molar refractivity (Wildman–Crippen MR) is 83.3 cm³/mol. The first kappa shape index (κ1) is 13.8. The zero-order valence-corrected chi connectivity index (χ0v) is 12.0. The lowest BCUT2D eigenvalue weighted by atomic mass is 10.1. The number of anilines is 1. The second-order valence-electron chi connectivity index (χ2n) is 5.38. The summed E-state index contributed by atoms with van der Waals surface area (Å²) in [5.41, 5.74) is 0.995. The molecule has 0 bridgehead atoms. The Kier molecular flexibility index (Phi) is 4.31. The maximum absolute atomic E-state index is 11.8. The molecule has 2 N–H and O–H groups in total. The maximum Gasteiger partial charge on any atom is 0.290 e. The molecule has 1 atom stereocenters. The fourth-order valence-corrected chi connectivity index (χ4v) is 2.76. The first-order valence-electron chi connectivity index (χ1n) is 7.40. The zero-order chi connectivity index (χ0) is 14.5. The number of aromatic nitrogens is 2. The van der Waals surface area contributed by atoms with Gasteiger partial charge in [-0.05, 0) is 31.5 Å². The second-order valence-corrected chi connectivity index (χ2v) is 5.38. The van der Waals surface area contributed by atoms with E-state index in [1.165, 1.54) is 18.4 Å². The van der Waals surface area contributed by atoms with Crippen LogP contribution in [0.4, 0.5) is 5.82 Å². The maximum atomic E-state index is 11.8. The summed E-state index contributed by atoms with van der Waals surface area (Å²) >= 11 is 0. The van der Waals surface area contributed by atoms with Gasteiger partial charge in [-0.25, -0.2) is 4.98 Å². The molecule has 110 valence electrons. The molecule has 1 saturated heterocycles. The van der Waals surface area contributed by atoms with Crippen molar-refractivity contribution in [3.8, 4) is 0 Å². The molecule has 1 unspecified atom stereocenters. The molecule has 2 aromatic rings. The van der Waals surface area contributed by atoms with E-state index < -0.39 is 0 Å². The molecule has 5 nitrogen and oxygen atoms in total. The van der Waals surface area contributed by atoms with E-state index in [1.54, 1.807) is 12.4 Å². The van der Waals surface area contributed by atoms with Crippen LogP contribution in [0.15, 0.2) is 47.5 Å². The Morgan fingerprint density at radius 2 is 2.00 bits per heavy atom. The number of benzene rings is 1. The number of rotatable bonds is 5. The average Bonchev–Trinajstić information content (AvgIpc) is 3.03. The van der Waals surface area contributed by atoms with Crippen LogP contribution in [0, 0.1) is 0 Å². The lowest BCUT2D eigenvalue weighted by Crippen LogP contribution is -2.31. The van der Waals surface area contributed by atoms with Crippen molar-refractivity contribution in [3.63, 3.8) is 0 Å². The van der Waals surface area contributed by atoms with Gasteiger partial charge in [0.25, 0.3) is 5.56 Å². The SMILES string of the molecule is O=c1[nH]ccnc1NC(CN1CCCC1)c1ccccc1. The van der Waals surface area contributed by atoms with Crippen LogP contribution in [-0.2, 0) is 0 Å². The third-order valence-electron chi connectivity index (χ3n) is 3.86. The molecular weight excluding hydrogens is 264 g/mol. The van der Waals surface area contributed by atoms with Gasteiger partial charge in [-0.3, -0.25) is 4.79 Å². The van der Waals surface area contributed by atoms with Gasteiger partial charge in [-0.2, -0.15) is 0 Å². The monoisotopic (exact) mass is 284 g/mol. The number of likely N-dealkylation sites (tertiary alicyclic amines) is 1. The molecule has 5 heteroatoms. The molecule has 1 aromatic heterocycles. The largest absolute Gasteiger partial charge is 0.357 e. The molecule has 0 saturated carbocycles. The summed E-state index contributed by atoms with van der Waals surface area (Å²) in [5.74, 6) is 0.380. The molecule has 1 aliphatic heterocycles.